The van der Waals surface area contributed by atoms with Crippen LogP contribution in [-0.4, -0.2) is 44.7 Å². The summed E-state index contributed by atoms with van der Waals surface area (Å²) < 4.78 is 13.0. The Labute approximate surface area is 175 Å². The van der Waals surface area contributed by atoms with Gasteiger partial charge >= 0.3 is 0 Å². The maximum atomic E-state index is 12.7. The Morgan fingerprint density at radius 2 is 1.93 bits per heavy atom. The highest BCUT2D eigenvalue weighted by Gasteiger charge is 2.20. The van der Waals surface area contributed by atoms with Crippen LogP contribution in [0.4, 0.5) is 5.88 Å². The van der Waals surface area contributed by atoms with E-state index in [1.165, 1.54) is 16.9 Å². The number of piperazine rings is 1. The number of hydrogen-bond acceptors (Lipinski definition) is 6. The van der Waals surface area contributed by atoms with Crippen LogP contribution in [0.25, 0.3) is 21.4 Å². The predicted octanol–water partition coefficient (Wildman–Crippen LogP) is 4.62. The molecule has 0 atom stereocenters. The van der Waals surface area contributed by atoms with E-state index in [4.69, 9.17) is 9.15 Å². The molecule has 0 amide bonds. The number of thiophene rings is 1. The summed E-state index contributed by atoms with van der Waals surface area (Å²) in [4.78, 5) is 17.2. The van der Waals surface area contributed by atoms with Gasteiger partial charge in [-0.25, -0.2) is 0 Å². The van der Waals surface area contributed by atoms with Gasteiger partial charge in [-0.05, 0) is 37.1 Å². The molecular formula is C23H28N2O3S. The van der Waals surface area contributed by atoms with Crippen LogP contribution in [-0.2, 0) is 6.42 Å². The molecular weight excluding hydrogens is 384 g/mol. The van der Waals surface area contributed by atoms with Crippen molar-refractivity contribution in [3.8, 4) is 16.9 Å². The van der Waals surface area contributed by atoms with E-state index in [1.54, 1.807) is 6.07 Å². The third kappa shape index (κ3) is 4.05. The summed E-state index contributed by atoms with van der Waals surface area (Å²) in [6, 6.07) is 7.94. The Bertz CT molecular complexity index is 1050. The van der Waals surface area contributed by atoms with Gasteiger partial charge in [-0.2, -0.15) is 0 Å². The van der Waals surface area contributed by atoms with Crippen LogP contribution in [0.3, 0.4) is 0 Å². The van der Waals surface area contributed by atoms with Gasteiger partial charge in [-0.15, -0.1) is 11.3 Å². The molecule has 1 saturated heterocycles. The average Bonchev–Trinajstić information content (AvgIpc) is 3.17. The maximum Gasteiger partial charge on any atom is 0.204 e. The normalized spacial score (nSPS) is 15.2. The fraction of sp³-hybridized carbons (Fsp3) is 0.435. The smallest absolute Gasteiger partial charge is 0.204 e. The number of fused-ring (bicyclic) bond motifs is 1. The van der Waals surface area contributed by atoms with Gasteiger partial charge in [0.25, 0.3) is 0 Å². The van der Waals surface area contributed by atoms with Crippen LogP contribution < -0.4 is 15.1 Å². The van der Waals surface area contributed by atoms with E-state index in [0.29, 0.717) is 22.8 Å². The molecule has 3 aromatic rings. The minimum atomic E-state index is 0.0315. The van der Waals surface area contributed by atoms with Crippen molar-refractivity contribution < 1.29 is 9.15 Å². The molecule has 154 valence electrons. The van der Waals surface area contributed by atoms with Crippen LogP contribution in [0.15, 0.2) is 38.9 Å². The molecule has 29 heavy (non-hydrogen) atoms. The van der Waals surface area contributed by atoms with E-state index in [9.17, 15) is 4.79 Å². The van der Waals surface area contributed by atoms with Crippen molar-refractivity contribution in [3.05, 3.63) is 45.4 Å². The lowest BCUT2D eigenvalue weighted by atomic mass is 10.0. The number of anilines is 1. The largest absolute Gasteiger partial charge is 0.493 e. The SMILES string of the molecule is CCCOc1cc(-c2csc3c(=O)cc(N4CCN(C)CC4)oc23)ccc1CC. The van der Waals surface area contributed by atoms with Gasteiger partial charge in [0, 0.05) is 43.2 Å². The molecule has 0 N–H and O–H groups in total. The van der Waals surface area contributed by atoms with Crippen LogP contribution in [0.1, 0.15) is 25.8 Å². The first-order valence-electron chi connectivity index (χ1n) is 10.4. The molecule has 1 aliphatic rings. The van der Waals surface area contributed by atoms with Crippen molar-refractivity contribution in [3.63, 3.8) is 0 Å². The highest BCUT2D eigenvalue weighted by atomic mass is 32.1. The van der Waals surface area contributed by atoms with Crippen molar-refractivity contribution in [2.24, 2.45) is 0 Å². The molecule has 0 spiro atoms. The molecule has 3 heterocycles. The Hall–Kier alpha value is -2.31. The zero-order valence-corrected chi connectivity index (χ0v) is 18.2. The lowest BCUT2D eigenvalue weighted by molar-refractivity contribution is 0.306. The molecule has 0 saturated carbocycles. The standard InChI is InChI=1S/C23H28N2O3S/c1-4-12-27-20-13-17(7-6-16(20)5-2)18-15-29-23-19(26)14-21(28-22(18)23)25-10-8-24(3)9-11-25/h6-7,13-15H,4-5,8-12H2,1-3H3. The topological polar surface area (TPSA) is 45.9 Å². The van der Waals surface area contributed by atoms with Crippen LogP contribution >= 0.6 is 11.3 Å². The van der Waals surface area contributed by atoms with E-state index in [0.717, 1.165) is 55.9 Å². The first kappa shape index (κ1) is 20.0. The molecule has 1 fully saturated rings. The van der Waals surface area contributed by atoms with E-state index in [2.05, 4.69) is 48.9 Å². The van der Waals surface area contributed by atoms with E-state index < -0.39 is 0 Å². The zero-order chi connectivity index (χ0) is 20.4. The quantitative estimate of drug-likeness (QED) is 0.591. The second-order valence-corrected chi connectivity index (χ2v) is 8.45. The molecule has 0 aliphatic carbocycles. The summed E-state index contributed by atoms with van der Waals surface area (Å²) in [6.07, 6.45) is 1.89. The lowest BCUT2D eigenvalue weighted by Gasteiger charge is -2.32. The molecule has 6 heteroatoms. The molecule has 1 aliphatic heterocycles. The Morgan fingerprint density at radius 3 is 2.66 bits per heavy atom. The van der Waals surface area contributed by atoms with Crippen LogP contribution in [0, 0.1) is 0 Å². The lowest BCUT2D eigenvalue weighted by Crippen LogP contribution is -2.44. The second-order valence-electron chi connectivity index (χ2n) is 7.57. The van der Waals surface area contributed by atoms with Crippen molar-refractivity contribution in [2.75, 3.05) is 44.7 Å². The summed E-state index contributed by atoms with van der Waals surface area (Å²) in [7, 11) is 2.12. The van der Waals surface area contributed by atoms with Gasteiger partial charge < -0.3 is 19.0 Å². The highest BCUT2D eigenvalue weighted by Crippen LogP contribution is 2.37. The maximum absolute atomic E-state index is 12.7. The third-order valence-electron chi connectivity index (χ3n) is 5.47. The Morgan fingerprint density at radius 1 is 1.14 bits per heavy atom. The number of ether oxygens (including phenoxy) is 1. The average molecular weight is 413 g/mol. The predicted molar refractivity (Wildman–Crippen MR) is 121 cm³/mol. The van der Waals surface area contributed by atoms with Gasteiger partial charge in [0.05, 0.1) is 6.61 Å². The molecule has 0 bridgehead atoms. The number of benzene rings is 1. The van der Waals surface area contributed by atoms with Crippen molar-refractivity contribution >= 4 is 27.5 Å². The highest BCUT2D eigenvalue weighted by molar-refractivity contribution is 7.17. The summed E-state index contributed by atoms with van der Waals surface area (Å²) in [5, 5.41) is 2.02. The Kier molecular flexibility index (Phi) is 5.92. The molecule has 0 unspecified atom stereocenters. The molecule has 2 aromatic heterocycles. The summed E-state index contributed by atoms with van der Waals surface area (Å²) >= 11 is 1.45. The summed E-state index contributed by atoms with van der Waals surface area (Å²) in [6.45, 7) is 8.61. The Balaban J connectivity index is 1.75. The summed E-state index contributed by atoms with van der Waals surface area (Å²) in [5.74, 6) is 1.59. The minimum absolute atomic E-state index is 0.0315. The summed E-state index contributed by atoms with van der Waals surface area (Å²) in [5.41, 5.74) is 3.90. The van der Waals surface area contributed by atoms with E-state index >= 15 is 0 Å². The van der Waals surface area contributed by atoms with Crippen LogP contribution in [0.5, 0.6) is 5.75 Å². The number of likely N-dealkylation sites (N-methyl/N-ethyl adjacent to an activating group) is 1. The first-order chi connectivity index (χ1) is 14.1. The third-order valence-corrected chi connectivity index (χ3v) is 6.44. The molecule has 5 nitrogen and oxygen atoms in total. The van der Waals surface area contributed by atoms with Gasteiger partial charge in [-0.1, -0.05) is 26.0 Å². The number of aryl methyl sites for hydroxylation is 1. The molecule has 1 aromatic carbocycles. The minimum Gasteiger partial charge on any atom is -0.493 e. The van der Waals surface area contributed by atoms with Crippen molar-refractivity contribution in [1.29, 1.82) is 0 Å². The second kappa shape index (κ2) is 8.59. The first-order valence-corrected chi connectivity index (χ1v) is 11.2. The van der Waals surface area contributed by atoms with Gasteiger partial charge in [0.2, 0.25) is 5.43 Å². The fourth-order valence-electron chi connectivity index (χ4n) is 3.67. The zero-order valence-electron chi connectivity index (χ0n) is 17.4. The van der Waals surface area contributed by atoms with Crippen molar-refractivity contribution in [2.45, 2.75) is 26.7 Å². The number of nitrogens with zero attached hydrogens (tertiary/aromatic N) is 2. The molecule has 0 radical (unpaired) electrons. The van der Waals surface area contributed by atoms with Gasteiger partial charge in [-0.3, -0.25) is 4.79 Å². The van der Waals surface area contributed by atoms with E-state index in [-0.39, 0.29) is 5.43 Å². The van der Waals surface area contributed by atoms with Crippen LogP contribution in [0.2, 0.25) is 0 Å². The molecule has 4 rings (SSSR count). The number of hydrogen-bond donors (Lipinski definition) is 0. The van der Waals surface area contributed by atoms with Gasteiger partial charge in [0.15, 0.2) is 11.5 Å². The fourth-order valence-corrected chi connectivity index (χ4v) is 4.59. The number of rotatable bonds is 6. The van der Waals surface area contributed by atoms with E-state index in [1.807, 2.05) is 5.38 Å². The van der Waals surface area contributed by atoms with Crippen molar-refractivity contribution in [1.82, 2.24) is 4.90 Å². The van der Waals surface area contributed by atoms with Gasteiger partial charge in [0.1, 0.15) is 10.4 Å². The monoisotopic (exact) mass is 412 g/mol.